The number of carbonyl (C=O) groups is 1. The molecule has 1 N–H and O–H groups in total. The number of rotatable bonds is 2. The lowest BCUT2D eigenvalue weighted by molar-refractivity contribution is -0.137. The minimum Gasteiger partial charge on any atom is -0.366 e. The summed E-state index contributed by atoms with van der Waals surface area (Å²) >= 11 is 5.57. The second-order valence-electron chi connectivity index (χ2n) is 6.05. The maximum absolute atomic E-state index is 13.8. The zero-order chi connectivity index (χ0) is 19.6. The van der Waals surface area contributed by atoms with E-state index < -0.39 is 22.8 Å². The van der Waals surface area contributed by atoms with Gasteiger partial charge in [0.2, 0.25) is 0 Å². The second-order valence-corrected chi connectivity index (χ2v) is 6.46. The van der Waals surface area contributed by atoms with Crippen LogP contribution >= 0.6 is 11.6 Å². The molecule has 0 unspecified atom stereocenters. The average molecular weight is 402 g/mol. The van der Waals surface area contributed by atoms with Crippen LogP contribution in [0.1, 0.15) is 5.56 Å². The van der Waals surface area contributed by atoms with E-state index in [1.807, 2.05) is 4.90 Å². The molecular formula is C18H16ClF4N3O. The number of piperazine rings is 1. The topological polar surface area (TPSA) is 35.6 Å². The van der Waals surface area contributed by atoms with Crippen LogP contribution in [-0.2, 0) is 6.18 Å². The molecule has 0 aromatic heterocycles. The van der Waals surface area contributed by atoms with Crippen molar-refractivity contribution in [3.05, 3.63) is 58.9 Å². The molecule has 9 heteroatoms. The van der Waals surface area contributed by atoms with Crippen molar-refractivity contribution in [3.8, 4) is 0 Å². The Morgan fingerprint density at radius 3 is 2.33 bits per heavy atom. The van der Waals surface area contributed by atoms with Crippen LogP contribution < -0.4 is 10.2 Å². The van der Waals surface area contributed by atoms with Crippen molar-refractivity contribution in [1.29, 1.82) is 0 Å². The van der Waals surface area contributed by atoms with Crippen molar-refractivity contribution in [2.24, 2.45) is 0 Å². The molecule has 0 aliphatic carbocycles. The Hall–Kier alpha value is -2.48. The van der Waals surface area contributed by atoms with E-state index in [4.69, 9.17) is 11.6 Å². The third-order valence-corrected chi connectivity index (χ3v) is 4.61. The first-order valence-electron chi connectivity index (χ1n) is 8.18. The van der Waals surface area contributed by atoms with Crippen molar-refractivity contribution < 1.29 is 22.4 Å². The standard InChI is InChI=1S/C18H16ClF4N3O/c19-14-6-5-12(11-13(14)18(21,22)23)24-17(27)26-9-7-25(8-10-26)16-4-2-1-3-15(16)20/h1-6,11H,7-10H2,(H,24,27). The molecule has 27 heavy (non-hydrogen) atoms. The van der Waals surface area contributed by atoms with Crippen LogP contribution in [0.2, 0.25) is 5.02 Å². The van der Waals surface area contributed by atoms with Crippen LogP contribution in [0, 0.1) is 5.82 Å². The summed E-state index contributed by atoms with van der Waals surface area (Å²) in [6.07, 6.45) is -4.61. The molecule has 0 saturated carbocycles. The van der Waals surface area contributed by atoms with Gasteiger partial charge < -0.3 is 15.1 Å². The van der Waals surface area contributed by atoms with E-state index in [-0.39, 0.29) is 11.5 Å². The zero-order valence-electron chi connectivity index (χ0n) is 14.1. The smallest absolute Gasteiger partial charge is 0.366 e. The first-order chi connectivity index (χ1) is 12.8. The van der Waals surface area contributed by atoms with Crippen molar-refractivity contribution in [2.75, 3.05) is 36.4 Å². The van der Waals surface area contributed by atoms with Crippen molar-refractivity contribution in [3.63, 3.8) is 0 Å². The van der Waals surface area contributed by atoms with Crippen LogP contribution in [0.15, 0.2) is 42.5 Å². The van der Waals surface area contributed by atoms with Crippen LogP contribution in [0.3, 0.4) is 0 Å². The highest BCUT2D eigenvalue weighted by atomic mass is 35.5. The summed E-state index contributed by atoms with van der Waals surface area (Å²) < 4.78 is 52.6. The Bertz CT molecular complexity index is 836. The lowest BCUT2D eigenvalue weighted by Gasteiger charge is -2.36. The van der Waals surface area contributed by atoms with Gasteiger partial charge in [0.25, 0.3) is 0 Å². The van der Waals surface area contributed by atoms with E-state index in [0.717, 1.165) is 12.1 Å². The van der Waals surface area contributed by atoms with E-state index in [1.54, 1.807) is 18.2 Å². The minimum absolute atomic E-state index is 0.00765. The molecule has 1 aliphatic heterocycles. The molecular weight excluding hydrogens is 386 g/mol. The van der Waals surface area contributed by atoms with Gasteiger partial charge in [0.1, 0.15) is 5.82 Å². The fourth-order valence-corrected chi connectivity index (χ4v) is 3.11. The quantitative estimate of drug-likeness (QED) is 0.730. The largest absolute Gasteiger partial charge is 0.417 e. The van der Waals surface area contributed by atoms with Gasteiger partial charge >= 0.3 is 12.2 Å². The Morgan fingerprint density at radius 2 is 1.70 bits per heavy atom. The Labute approximate surface area is 158 Å². The van der Waals surface area contributed by atoms with Gasteiger partial charge in [-0.1, -0.05) is 23.7 Å². The summed E-state index contributed by atoms with van der Waals surface area (Å²) in [6, 6.07) is 9.06. The molecule has 144 valence electrons. The van der Waals surface area contributed by atoms with E-state index in [0.29, 0.717) is 31.9 Å². The summed E-state index contributed by atoms with van der Waals surface area (Å²) in [5.41, 5.74) is -0.537. The number of amides is 2. The average Bonchev–Trinajstić information content (AvgIpc) is 2.63. The number of anilines is 2. The summed E-state index contributed by atoms with van der Waals surface area (Å²) in [6.45, 7) is 1.48. The number of benzene rings is 2. The lowest BCUT2D eigenvalue weighted by atomic mass is 10.2. The molecule has 0 bridgehead atoms. The lowest BCUT2D eigenvalue weighted by Crippen LogP contribution is -2.50. The fourth-order valence-electron chi connectivity index (χ4n) is 2.88. The third-order valence-electron chi connectivity index (χ3n) is 4.28. The SMILES string of the molecule is O=C(Nc1ccc(Cl)c(C(F)(F)F)c1)N1CCN(c2ccccc2F)CC1. The van der Waals surface area contributed by atoms with Gasteiger partial charge in [0.15, 0.2) is 0 Å². The molecule has 1 aliphatic rings. The number of urea groups is 1. The van der Waals surface area contributed by atoms with E-state index in [2.05, 4.69) is 5.32 Å². The Balaban J connectivity index is 1.63. The Morgan fingerprint density at radius 1 is 1.04 bits per heavy atom. The second kappa shape index (κ2) is 7.64. The van der Waals surface area contributed by atoms with Crippen molar-refractivity contribution >= 4 is 29.0 Å². The summed E-state index contributed by atoms with van der Waals surface area (Å²) in [7, 11) is 0. The van der Waals surface area contributed by atoms with Gasteiger partial charge in [-0.2, -0.15) is 13.2 Å². The van der Waals surface area contributed by atoms with Gasteiger partial charge in [-0.3, -0.25) is 0 Å². The van der Waals surface area contributed by atoms with Gasteiger partial charge in [-0.15, -0.1) is 0 Å². The number of nitrogens with one attached hydrogen (secondary N) is 1. The fraction of sp³-hybridized carbons (Fsp3) is 0.278. The molecule has 3 rings (SSSR count). The number of hydrogen-bond acceptors (Lipinski definition) is 2. The summed E-state index contributed by atoms with van der Waals surface area (Å²) in [4.78, 5) is 15.6. The molecule has 2 aromatic rings. The number of para-hydroxylation sites is 1. The molecule has 1 fully saturated rings. The predicted octanol–water partition coefficient (Wildman–Crippen LogP) is 4.85. The van der Waals surface area contributed by atoms with E-state index in [9.17, 15) is 22.4 Å². The molecule has 0 atom stereocenters. The number of halogens is 5. The third kappa shape index (κ3) is 4.44. The maximum Gasteiger partial charge on any atom is 0.417 e. The van der Waals surface area contributed by atoms with Crippen LogP contribution in [0.4, 0.5) is 33.7 Å². The highest BCUT2D eigenvalue weighted by molar-refractivity contribution is 6.31. The number of carbonyl (C=O) groups excluding carboxylic acids is 1. The molecule has 0 radical (unpaired) electrons. The summed E-state index contributed by atoms with van der Waals surface area (Å²) in [5, 5.41) is 2.02. The molecule has 4 nitrogen and oxygen atoms in total. The molecule has 2 amide bonds. The molecule has 1 saturated heterocycles. The van der Waals surface area contributed by atoms with E-state index in [1.165, 1.54) is 17.0 Å². The monoisotopic (exact) mass is 401 g/mol. The maximum atomic E-state index is 13.8. The minimum atomic E-state index is -4.61. The predicted molar refractivity (Wildman–Crippen MR) is 95.7 cm³/mol. The zero-order valence-corrected chi connectivity index (χ0v) is 14.8. The summed E-state index contributed by atoms with van der Waals surface area (Å²) in [5.74, 6) is -0.337. The van der Waals surface area contributed by atoms with Crippen LogP contribution in [-0.4, -0.2) is 37.1 Å². The van der Waals surface area contributed by atoms with Gasteiger partial charge in [-0.05, 0) is 30.3 Å². The number of hydrogen-bond donors (Lipinski definition) is 1. The first kappa shape index (κ1) is 19.3. The van der Waals surface area contributed by atoms with Gasteiger partial charge in [0.05, 0.1) is 16.3 Å². The molecule has 1 heterocycles. The van der Waals surface area contributed by atoms with Crippen molar-refractivity contribution in [1.82, 2.24) is 4.90 Å². The molecule has 2 aromatic carbocycles. The van der Waals surface area contributed by atoms with Crippen molar-refractivity contribution in [2.45, 2.75) is 6.18 Å². The van der Waals surface area contributed by atoms with E-state index >= 15 is 0 Å². The Kier molecular flexibility index (Phi) is 5.46. The number of nitrogens with zero attached hydrogens (tertiary/aromatic N) is 2. The van der Waals surface area contributed by atoms with Crippen LogP contribution in [0.25, 0.3) is 0 Å². The van der Waals surface area contributed by atoms with Gasteiger partial charge in [-0.25, -0.2) is 9.18 Å². The highest BCUT2D eigenvalue weighted by Crippen LogP contribution is 2.36. The first-order valence-corrected chi connectivity index (χ1v) is 8.55. The number of alkyl halides is 3. The molecule has 0 spiro atoms. The van der Waals surface area contributed by atoms with Crippen LogP contribution in [0.5, 0.6) is 0 Å². The highest BCUT2D eigenvalue weighted by Gasteiger charge is 2.33. The van der Waals surface area contributed by atoms with Gasteiger partial charge in [0, 0.05) is 31.9 Å². The normalized spacial score (nSPS) is 15.0.